The maximum Gasteiger partial charge on any atom is 0.268 e. The number of amides is 3. The van der Waals surface area contributed by atoms with Crippen molar-refractivity contribution in [3.63, 3.8) is 0 Å². The van der Waals surface area contributed by atoms with E-state index < -0.39 is 0 Å². The number of rotatable bonds is 8. The monoisotopic (exact) mass is 367 g/mol. The summed E-state index contributed by atoms with van der Waals surface area (Å²) in [6.45, 7) is 0.991. The van der Waals surface area contributed by atoms with Crippen LogP contribution in [0, 0.1) is 0 Å². The summed E-state index contributed by atoms with van der Waals surface area (Å²) in [7, 11) is 1.37. The normalized spacial score (nSPS) is 16.8. The molecule has 2 heterocycles. The lowest BCUT2D eigenvalue weighted by molar-refractivity contribution is -0.126. The number of nitrogens with one attached hydrogen (secondary N) is 2. The lowest BCUT2D eigenvalue weighted by atomic mass is 10.2. The molecule has 0 bridgehead atoms. The first kappa shape index (κ1) is 18.8. The van der Waals surface area contributed by atoms with Crippen LogP contribution in [0.15, 0.2) is 16.7 Å². The fourth-order valence-electron chi connectivity index (χ4n) is 2.52. The average Bonchev–Trinajstić information content (AvgIpc) is 3.27. The molecule has 0 saturated carbocycles. The van der Waals surface area contributed by atoms with Crippen LogP contribution in [0.5, 0.6) is 0 Å². The second kappa shape index (κ2) is 9.72. The van der Waals surface area contributed by atoms with E-state index in [0.29, 0.717) is 18.2 Å². The number of carbonyl (C=O) groups excluding carboxylic acids is 3. The first-order chi connectivity index (χ1) is 12.1. The Morgan fingerprint density at radius 1 is 1.44 bits per heavy atom. The van der Waals surface area contributed by atoms with Crippen LogP contribution >= 0.6 is 11.3 Å². The summed E-state index contributed by atoms with van der Waals surface area (Å²) < 4.78 is 0. The maximum atomic E-state index is 12.0. The van der Waals surface area contributed by atoms with Gasteiger partial charge in [0.15, 0.2) is 5.13 Å². The van der Waals surface area contributed by atoms with E-state index in [1.165, 1.54) is 18.4 Å². The Kier molecular flexibility index (Phi) is 7.33. The van der Waals surface area contributed by atoms with E-state index in [-0.39, 0.29) is 36.6 Å². The highest BCUT2D eigenvalue weighted by Gasteiger charge is 2.28. The summed E-state index contributed by atoms with van der Waals surface area (Å²) in [6.07, 6.45) is 4.59. The van der Waals surface area contributed by atoms with Gasteiger partial charge in [0.1, 0.15) is 13.3 Å². The van der Waals surface area contributed by atoms with Gasteiger partial charge in [0.05, 0.1) is 0 Å². The molecule has 1 unspecified atom stereocenters. The molecule has 3 amide bonds. The highest BCUT2D eigenvalue weighted by atomic mass is 32.1. The van der Waals surface area contributed by atoms with E-state index in [9.17, 15) is 14.4 Å². The topological polar surface area (TPSA) is 113 Å². The molecule has 2 N–H and O–H groups in total. The molecule has 10 heteroatoms. The van der Waals surface area contributed by atoms with Crippen LogP contribution in [-0.2, 0) is 19.2 Å². The molecule has 2 rings (SSSR count). The zero-order chi connectivity index (χ0) is 18.1. The average molecular weight is 367 g/mol. The number of hydrogen-bond acceptors (Lipinski definition) is 7. The van der Waals surface area contributed by atoms with E-state index in [4.69, 9.17) is 0 Å². The molecule has 25 heavy (non-hydrogen) atoms. The van der Waals surface area contributed by atoms with Crippen LogP contribution in [0.25, 0.3) is 0 Å². The lowest BCUT2D eigenvalue weighted by Crippen LogP contribution is -2.43. The third kappa shape index (κ3) is 6.14. The van der Waals surface area contributed by atoms with Gasteiger partial charge in [-0.2, -0.15) is 0 Å². The van der Waals surface area contributed by atoms with Crippen LogP contribution in [-0.4, -0.2) is 60.1 Å². The number of likely N-dealkylation sites (tertiary alicyclic amines) is 1. The van der Waals surface area contributed by atoms with E-state index in [2.05, 4.69) is 25.6 Å². The Hall–Kier alpha value is -2.49. The molecule has 136 valence electrons. The van der Waals surface area contributed by atoms with Crippen molar-refractivity contribution in [2.75, 3.05) is 25.5 Å². The molecule has 1 saturated heterocycles. The Bertz CT molecular complexity index is 619. The fraction of sp³-hybridized carbons (Fsp3) is 0.533. The summed E-state index contributed by atoms with van der Waals surface area (Å²) in [5.41, 5.74) is 0. The molecule has 1 aromatic rings. The van der Waals surface area contributed by atoms with Crippen LogP contribution < -0.4 is 10.6 Å². The largest absolute Gasteiger partial charge is 0.399 e. The van der Waals surface area contributed by atoms with Crippen LogP contribution in [0.1, 0.15) is 25.7 Å². The van der Waals surface area contributed by atoms with Gasteiger partial charge in [-0.25, -0.2) is 4.98 Å². The number of carbonyl (C=O) groups is 3. The molecule has 0 radical (unpaired) electrons. The van der Waals surface area contributed by atoms with E-state index >= 15 is 0 Å². The SMILES string of the molecule is CO/N=C/C(=O)N1CCCC1CNC(=O)CCC(=O)Nc1nccs1. The van der Waals surface area contributed by atoms with Crippen molar-refractivity contribution in [2.45, 2.75) is 31.7 Å². The molecular weight excluding hydrogens is 346 g/mol. The van der Waals surface area contributed by atoms with Crippen LogP contribution in [0.2, 0.25) is 0 Å². The third-order valence-corrected chi connectivity index (χ3v) is 4.41. The van der Waals surface area contributed by atoms with Crippen molar-refractivity contribution in [3.8, 4) is 0 Å². The summed E-state index contributed by atoms with van der Waals surface area (Å²) >= 11 is 1.32. The van der Waals surface area contributed by atoms with E-state index in [1.807, 2.05) is 0 Å². The zero-order valence-corrected chi connectivity index (χ0v) is 14.8. The molecule has 0 spiro atoms. The Labute approximate surface area is 149 Å². The molecule has 0 aromatic carbocycles. The highest BCUT2D eigenvalue weighted by molar-refractivity contribution is 7.13. The van der Waals surface area contributed by atoms with Crippen molar-refractivity contribution >= 4 is 40.4 Å². The summed E-state index contributed by atoms with van der Waals surface area (Å²) in [4.78, 5) is 45.7. The molecular formula is C15H21N5O4S. The number of aromatic nitrogens is 1. The fourth-order valence-corrected chi connectivity index (χ4v) is 3.07. The van der Waals surface area contributed by atoms with Gasteiger partial charge in [-0.15, -0.1) is 11.3 Å². The van der Waals surface area contributed by atoms with Crippen molar-refractivity contribution in [1.29, 1.82) is 0 Å². The van der Waals surface area contributed by atoms with Gasteiger partial charge in [-0.05, 0) is 12.8 Å². The van der Waals surface area contributed by atoms with Crippen LogP contribution in [0.4, 0.5) is 5.13 Å². The number of nitrogens with zero attached hydrogens (tertiary/aromatic N) is 3. The minimum Gasteiger partial charge on any atom is -0.399 e. The Morgan fingerprint density at radius 2 is 2.24 bits per heavy atom. The van der Waals surface area contributed by atoms with Gasteiger partial charge >= 0.3 is 0 Å². The van der Waals surface area contributed by atoms with E-state index in [1.54, 1.807) is 16.5 Å². The zero-order valence-electron chi connectivity index (χ0n) is 13.9. The minimum atomic E-state index is -0.251. The minimum absolute atomic E-state index is 0.0658. The second-order valence-electron chi connectivity index (χ2n) is 5.43. The predicted molar refractivity (Wildman–Crippen MR) is 93.2 cm³/mol. The molecule has 1 fully saturated rings. The van der Waals surface area contributed by atoms with E-state index in [0.717, 1.165) is 19.1 Å². The quantitative estimate of drug-likeness (QED) is 0.516. The third-order valence-electron chi connectivity index (χ3n) is 3.72. The second-order valence-corrected chi connectivity index (χ2v) is 6.33. The Morgan fingerprint density at radius 3 is 2.96 bits per heavy atom. The number of oxime groups is 1. The van der Waals surface area contributed by atoms with Gasteiger partial charge in [-0.3, -0.25) is 14.4 Å². The molecule has 9 nitrogen and oxygen atoms in total. The predicted octanol–water partition coefficient (Wildman–Crippen LogP) is 0.601. The summed E-state index contributed by atoms with van der Waals surface area (Å²) in [5.74, 6) is -0.709. The maximum absolute atomic E-state index is 12.0. The lowest BCUT2D eigenvalue weighted by Gasteiger charge is -2.23. The first-order valence-electron chi connectivity index (χ1n) is 7.93. The van der Waals surface area contributed by atoms with Crippen molar-refractivity contribution < 1.29 is 19.2 Å². The van der Waals surface area contributed by atoms with Gasteiger partial charge in [0.25, 0.3) is 5.91 Å². The summed E-state index contributed by atoms with van der Waals surface area (Å²) in [5, 5.41) is 11.2. The van der Waals surface area contributed by atoms with Crippen LogP contribution in [0.3, 0.4) is 0 Å². The number of thiazole rings is 1. The molecule has 1 aliphatic rings. The highest BCUT2D eigenvalue weighted by Crippen LogP contribution is 2.16. The number of hydrogen-bond donors (Lipinski definition) is 2. The first-order valence-corrected chi connectivity index (χ1v) is 8.81. The standard InChI is InChI=1S/C15H21N5O4S/c1-24-18-10-14(23)20-7-2-3-11(20)9-17-12(21)4-5-13(22)19-15-16-6-8-25-15/h6,8,10-11H,2-5,7,9H2,1H3,(H,17,21)(H,16,19,22)/b18-10+. The molecule has 0 aliphatic carbocycles. The molecule has 1 aliphatic heterocycles. The smallest absolute Gasteiger partial charge is 0.268 e. The summed E-state index contributed by atoms with van der Waals surface area (Å²) in [6, 6.07) is -0.0658. The van der Waals surface area contributed by atoms with Crippen molar-refractivity contribution in [2.24, 2.45) is 5.16 Å². The van der Waals surface area contributed by atoms with Gasteiger partial charge < -0.3 is 20.4 Å². The molecule has 1 aromatic heterocycles. The van der Waals surface area contributed by atoms with Gasteiger partial charge in [0, 0.05) is 43.5 Å². The Balaban J connectivity index is 1.69. The number of anilines is 1. The van der Waals surface area contributed by atoms with Crippen molar-refractivity contribution in [3.05, 3.63) is 11.6 Å². The molecule has 1 atom stereocenters. The van der Waals surface area contributed by atoms with Gasteiger partial charge in [0.2, 0.25) is 11.8 Å². The van der Waals surface area contributed by atoms with Gasteiger partial charge in [-0.1, -0.05) is 5.16 Å². The van der Waals surface area contributed by atoms with Crippen molar-refractivity contribution in [1.82, 2.24) is 15.2 Å².